The lowest BCUT2D eigenvalue weighted by Gasteiger charge is -2.50. The molecular weight excluding hydrogens is 462 g/mol. The Morgan fingerprint density at radius 2 is 1.62 bits per heavy atom. The standard InChI is InChI=1S/C20H16Cl4O5/c1-4-9-5-6-19(23)17(26)15(21)16(22)18(27)20(19,24)14(9)13-11(28-2)7-10(25)8-12(13)29-3/h4-5,7-8,14,25H,1,6H2,2-3H3/t14-,19-,20+/m1/s1. The predicted octanol–water partition coefficient (Wildman–Crippen LogP) is 4.81. The van der Waals surface area contributed by atoms with Crippen LogP contribution >= 0.6 is 46.4 Å². The van der Waals surface area contributed by atoms with Crippen molar-refractivity contribution in [2.24, 2.45) is 0 Å². The Balaban J connectivity index is 2.44. The monoisotopic (exact) mass is 476 g/mol. The van der Waals surface area contributed by atoms with E-state index in [0.29, 0.717) is 11.1 Å². The van der Waals surface area contributed by atoms with Crippen molar-refractivity contribution in [1.29, 1.82) is 0 Å². The van der Waals surface area contributed by atoms with Gasteiger partial charge in [0.25, 0.3) is 0 Å². The second kappa shape index (κ2) is 7.55. The fourth-order valence-corrected chi connectivity index (χ4v) is 5.30. The molecular formula is C20H16Cl4O5. The van der Waals surface area contributed by atoms with Crippen molar-refractivity contribution < 1.29 is 24.2 Å². The van der Waals surface area contributed by atoms with E-state index in [4.69, 9.17) is 55.9 Å². The van der Waals surface area contributed by atoms with Crippen LogP contribution in [0.5, 0.6) is 17.2 Å². The zero-order chi connectivity index (χ0) is 21.7. The quantitative estimate of drug-likeness (QED) is 0.630. The summed E-state index contributed by atoms with van der Waals surface area (Å²) in [5.74, 6) is -2.35. The molecule has 0 unspecified atom stereocenters. The molecule has 0 bridgehead atoms. The second-order valence-electron chi connectivity index (χ2n) is 6.61. The molecule has 3 atom stereocenters. The lowest BCUT2D eigenvalue weighted by Crippen LogP contribution is -2.64. The van der Waals surface area contributed by atoms with Crippen molar-refractivity contribution >= 4 is 58.0 Å². The number of phenolic OH excluding ortho intramolecular Hbond substituents is 1. The molecule has 0 saturated heterocycles. The Kier molecular flexibility index (Phi) is 5.73. The number of ether oxygens (including phenoxy) is 2. The Bertz CT molecular complexity index is 974. The van der Waals surface area contributed by atoms with Crippen LogP contribution in [-0.2, 0) is 9.59 Å². The van der Waals surface area contributed by atoms with Gasteiger partial charge in [0.1, 0.15) is 37.1 Å². The Labute approximate surface area is 187 Å². The highest BCUT2D eigenvalue weighted by Crippen LogP contribution is 2.62. The van der Waals surface area contributed by atoms with Gasteiger partial charge in [-0.05, 0) is 12.0 Å². The average Bonchev–Trinajstić information content (AvgIpc) is 2.71. The Morgan fingerprint density at radius 1 is 1.10 bits per heavy atom. The van der Waals surface area contributed by atoms with Gasteiger partial charge in [0.2, 0.25) is 0 Å². The molecule has 3 rings (SSSR count). The van der Waals surface area contributed by atoms with E-state index in [-0.39, 0.29) is 23.7 Å². The number of Topliss-reactive ketones (excluding diaryl/α,β-unsaturated/α-hetero) is 2. The zero-order valence-electron chi connectivity index (χ0n) is 15.4. The molecule has 0 aromatic heterocycles. The number of alkyl halides is 2. The molecule has 1 N–H and O–H groups in total. The fraction of sp³-hybridized carbons (Fsp3) is 0.300. The fourth-order valence-electron chi connectivity index (χ4n) is 3.86. The van der Waals surface area contributed by atoms with Crippen LogP contribution in [-0.4, -0.2) is 40.6 Å². The third-order valence-electron chi connectivity index (χ3n) is 5.26. The molecule has 0 spiro atoms. The van der Waals surface area contributed by atoms with Gasteiger partial charge in [0.15, 0.2) is 11.6 Å². The molecule has 2 aliphatic carbocycles. The first-order valence-corrected chi connectivity index (χ1v) is 9.89. The van der Waals surface area contributed by atoms with Crippen molar-refractivity contribution in [3.8, 4) is 17.2 Å². The number of halogens is 4. The molecule has 2 aliphatic rings. The number of ketones is 2. The van der Waals surface area contributed by atoms with Crippen LogP contribution in [0.1, 0.15) is 17.9 Å². The summed E-state index contributed by atoms with van der Waals surface area (Å²) in [6.07, 6.45) is 3.10. The molecule has 154 valence electrons. The summed E-state index contributed by atoms with van der Waals surface area (Å²) >= 11 is 25.8. The van der Waals surface area contributed by atoms with Gasteiger partial charge in [-0.3, -0.25) is 9.59 Å². The maximum Gasteiger partial charge on any atom is 0.200 e. The van der Waals surface area contributed by atoms with Crippen LogP contribution in [0.15, 0.2) is 46.5 Å². The first-order chi connectivity index (χ1) is 13.6. The first kappa shape index (κ1) is 22.0. The Hall–Kier alpha value is -1.66. The van der Waals surface area contributed by atoms with Gasteiger partial charge in [-0.25, -0.2) is 0 Å². The van der Waals surface area contributed by atoms with E-state index in [2.05, 4.69) is 6.58 Å². The van der Waals surface area contributed by atoms with Gasteiger partial charge < -0.3 is 14.6 Å². The third-order valence-corrected chi connectivity index (χ3v) is 7.51. The van der Waals surface area contributed by atoms with E-state index in [1.165, 1.54) is 32.4 Å². The summed E-state index contributed by atoms with van der Waals surface area (Å²) in [6, 6.07) is 2.67. The van der Waals surface area contributed by atoms with Crippen molar-refractivity contribution in [2.45, 2.75) is 22.1 Å². The highest BCUT2D eigenvalue weighted by molar-refractivity contribution is 6.66. The van der Waals surface area contributed by atoms with Gasteiger partial charge in [-0.2, -0.15) is 0 Å². The van der Waals surface area contributed by atoms with Gasteiger partial charge in [0, 0.05) is 23.6 Å². The largest absolute Gasteiger partial charge is 0.508 e. The zero-order valence-corrected chi connectivity index (χ0v) is 18.4. The number of hydrogen-bond acceptors (Lipinski definition) is 5. The van der Waals surface area contributed by atoms with Gasteiger partial charge in [0.05, 0.1) is 14.2 Å². The number of methoxy groups -OCH3 is 2. The Morgan fingerprint density at radius 3 is 2.10 bits per heavy atom. The van der Waals surface area contributed by atoms with E-state index in [9.17, 15) is 14.7 Å². The summed E-state index contributed by atoms with van der Waals surface area (Å²) in [6.45, 7) is 3.79. The maximum atomic E-state index is 13.3. The first-order valence-electron chi connectivity index (χ1n) is 8.38. The van der Waals surface area contributed by atoms with Crippen molar-refractivity contribution in [2.75, 3.05) is 14.2 Å². The predicted molar refractivity (Wildman–Crippen MR) is 113 cm³/mol. The lowest BCUT2D eigenvalue weighted by atomic mass is 9.62. The van der Waals surface area contributed by atoms with Crippen LogP contribution < -0.4 is 9.47 Å². The average molecular weight is 478 g/mol. The van der Waals surface area contributed by atoms with Crippen LogP contribution in [0, 0.1) is 0 Å². The number of benzene rings is 1. The minimum Gasteiger partial charge on any atom is -0.508 e. The van der Waals surface area contributed by atoms with Crippen molar-refractivity contribution in [1.82, 2.24) is 0 Å². The normalized spacial score (nSPS) is 29.3. The second-order valence-corrected chi connectivity index (χ2v) is 8.61. The summed E-state index contributed by atoms with van der Waals surface area (Å²) in [5.41, 5.74) is 0.824. The molecule has 1 aromatic rings. The van der Waals surface area contributed by atoms with E-state index >= 15 is 0 Å². The summed E-state index contributed by atoms with van der Waals surface area (Å²) < 4.78 is 10.8. The van der Waals surface area contributed by atoms with Crippen LogP contribution in [0.4, 0.5) is 0 Å². The number of phenols is 1. The van der Waals surface area contributed by atoms with Crippen LogP contribution in [0.25, 0.3) is 0 Å². The topological polar surface area (TPSA) is 72.8 Å². The smallest absolute Gasteiger partial charge is 0.200 e. The molecule has 0 amide bonds. The minimum atomic E-state index is -2.04. The van der Waals surface area contributed by atoms with Gasteiger partial charge in [-0.15, -0.1) is 23.2 Å². The van der Waals surface area contributed by atoms with E-state index in [0.717, 1.165) is 0 Å². The maximum absolute atomic E-state index is 13.3. The molecule has 0 fully saturated rings. The molecule has 5 nitrogen and oxygen atoms in total. The lowest BCUT2D eigenvalue weighted by molar-refractivity contribution is -0.127. The minimum absolute atomic E-state index is 0.0659. The van der Waals surface area contributed by atoms with E-state index in [1.807, 2.05) is 0 Å². The van der Waals surface area contributed by atoms with Gasteiger partial charge in [-0.1, -0.05) is 41.9 Å². The molecule has 0 heterocycles. The molecule has 0 radical (unpaired) electrons. The van der Waals surface area contributed by atoms with E-state index < -0.39 is 37.3 Å². The van der Waals surface area contributed by atoms with Crippen LogP contribution in [0.3, 0.4) is 0 Å². The number of carbonyl (C=O) groups excluding carboxylic acids is 2. The summed E-state index contributed by atoms with van der Waals surface area (Å²) in [4.78, 5) is 22.4. The molecule has 0 saturated carbocycles. The van der Waals surface area contributed by atoms with E-state index in [1.54, 1.807) is 6.08 Å². The molecule has 29 heavy (non-hydrogen) atoms. The number of hydrogen-bond donors (Lipinski definition) is 1. The van der Waals surface area contributed by atoms with Crippen molar-refractivity contribution in [3.05, 3.63) is 52.1 Å². The highest BCUT2D eigenvalue weighted by Gasteiger charge is 2.69. The molecule has 9 heteroatoms. The summed E-state index contributed by atoms with van der Waals surface area (Å²) in [7, 11) is 2.76. The molecule has 0 aliphatic heterocycles. The van der Waals surface area contributed by atoms with Gasteiger partial charge >= 0.3 is 0 Å². The SMILES string of the molecule is C=CC1=CC[C@@]2(Cl)C(=O)C(Cl)=C(Cl)C(=O)[C@@]2(Cl)[C@H]1c1c(OC)cc(O)cc1OC. The summed E-state index contributed by atoms with van der Waals surface area (Å²) in [5, 5.41) is 9.05. The highest BCUT2D eigenvalue weighted by atomic mass is 35.5. The van der Waals surface area contributed by atoms with Crippen molar-refractivity contribution in [3.63, 3.8) is 0 Å². The van der Waals surface area contributed by atoms with Crippen LogP contribution in [0.2, 0.25) is 0 Å². The number of aromatic hydroxyl groups is 1. The number of fused-ring (bicyclic) bond motifs is 1. The number of allylic oxidation sites excluding steroid dienone is 5. The number of carbonyl (C=O) groups is 2. The third kappa shape index (κ3) is 2.90. The number of rotatable bonds is 4. The molecule has 1 aromatic carbocycles.